The summed E-state index contributed by atoms with van der Waals surface area (Å²) in [6.07, 6.45) is 1.50. The van der Waals surface area contributed by atoms with E-state index < -0.39 is 12.1 Å². The Morgan fingerprint density at radius 1 is 1.13 bits per heavy atom. The van der Waals surface area contributed by atoms with Crippen molar-refractivity contribution in [1.29, 1.82) is 0 Å². The molecule has 0 aromatic heterocycles. The van der Waals surface area contributed by atoms with Gasteiger partial charge in [-0.05, 0) is 42.4 Å². The molecular weight excluding hydrogens is 396 g/mol. The minimum atomic E-state index is -0.778. The number of ether oxygens (including phenoxy) is 3. The molecule has 0 fully saturated rings. The van der Waals surface area contributed by atoms with Crippen LogP contribution >= 0.6 is 0 Å². The first-order chi connectivity index (χ1) is 14.7. The maximum atomic E-state index is 11.7. The van der Waals surface area contributed by atoms with E-state index in [1.807, 2.05) is 32.0 Å². The lowest BCUT2D eigenvalue weighted by Crippen LogP contribution is -2.45. The van der Waals surface area contributed by atoms with Crippen molar-refractivity contribution in [2.24, 2.45) is 23.5 Å². The van der Waals surface area contributed by atoms with Crippen molar-refractivity contribution >= 4 is 5.91 Å². The van der Waals surface area contributed by atoms with Crippen molar-refractivity contribution in [3.05, 3.63) is 23.8 Å². The molecule has 0 heterocycles. The molecule has 1 rings (SSSR count). The van der Waals surface area contributed by atoms with Crippen LogP contribution in [0.25, 0.3) is 0 Å². The van der Waals surface area contributed by atoms with Crippen molar-refractivity contribution in [3.8, 4) is 11.5 Å². The number of carbonyl (C=O) groups excluding carboxylic acids is 1. The van der Waals surface area contributed by atoms with Crippen LogP contribution in [0, 0.1) is 17.8 Å². The van der Waals surface area contributed by atoms with E-state index in [-0.39, 0.29) is 24.3 Å². The largest absolute Gasteiger partial charge is 0.493 e. The third-order valence-electron chi connectivity index (χ3n) is 5.50. The van der Waals surface area contributed by atoms with E-state index >= 15 is 0 Å². The summed E-state index contributed by atoms with van der Waals surface area (Å²) in [6.45, 7) is 9.34. The van der Waals surface area contributed by atoms with Crippen molar-refractivity contribution in [2.75, 3.05) is 34.0 Å². The number of nitrogens with two attached hydrogens (primary N) is 1. The van der Waals surface area contributed by atoms with Gasteiger partial charge in [-0.1, -0.05) is 33.8 Å². The van der Waals surface area contributed by atoms with E-state index in [0.717, 1.165) is 24.2 Å². The number of methoxy groups -OCH3 is 2. The first kappa shape index (κ1) is 27.2. The highest BCUT2D eigenvalue weighted by Crippen LogP contribution is 2.31. The Bertz CT molecular complexity index is 651. The maximum Gasteiger partial charge on any atom is 0.222 e. The molecule has 3 atom stereocenters. The molecule has 178 valence electrons. The summed E-state index contributed by atoms with van der Waals surface area (Å²) in [5.74, 6) is 1.89. The van der Waals surface area contributed by atoms with E-state index in [9.17, 15) is 9.90 Å². The molecule has 0 spiro atoms. The number of aliphatic hydroxyl groups excluding tert-OH is 1. The van der Waals surface area contributed by atoms with Gasteiger partial charge in [0.2, 0.25) is 5.91 Å². The highest BCUT2D eigenvalue weighted by molar-refractivity contribution is 5.77. The molecule has 0 saturated carbocycles. The van der Waals surface area contributed by atoms with Crippen LogP contribution < -0.4 is 20.5 Å². The lowest BCUT2D eigenvalue weighted by Gasteiger charge is -2.27. The van der Waals surface area contributed by atoms with Crippen LogP contribution in [-0.2, 0) is 16.0 Å². The molecular formula is C24H42N2O5. The van der Waals surface area contributed by atoms with Gasteiger partial charge in [0.05, 0.1) is 19.8 Å². The highest BCUT2D eigenvalue weighted by atomic mass is 16.5. The third-order valence-corrected chi connectivity index (χ3v) is 5.50. The van der Waals surface area contributed by atoms with Gasteiger partial charge in [0.15, 0.2) is 11.5 Å². The van der Waals surface area contributed by atoms with Gasteiger partial charge in [-0.3, -0.25) is 4.79 Å². The number of hydrogen-bond acceptors (Lipinski definition) is 6. The van der Waals surface area contributed by atoms with Crippen LogP contribution in [0.1, 0.15) is 46.1 Å². The quantitative estimate of drug-likeness (QED) is 0.364. The molecule has 0 bridgehead atoms. The van der Waals surface area contributed by atoms with E-state index in [1.54, 1.807) is 14.2 Å². The second-order valence-corrected chi connectivity index (χ2v) is 8.76. The first-order valence-electron chi connectivity index (χ1n) is 11.2. The van der Waals surface area contributed by atoms with Crippen molar-refractivity contribution in [1.82, 2.24) is 5.32 Å². The van der Waals surface area contributed by atoms with E-state index in [0.29, 0.717) is 31.3 Å². The van der Waals surface area contributed by atoms with Crippen LogP contribution in [0.5, 0.6) is 11.5 Å². The Morgan fingerprint density at radius 2 is 1.84 bits per heavy atom. The number of carbonyl (C=O) groups is 1. The van der Waals surface area contributed by atoms with Crippen LogP contribution in [-0.4, -0.2) is 57.1 Å². The maximum absolute atomic E-state index is 11.7. The second-order valence-electron chi connectivity index (χ2n) is 8.76. The Labute approximate surface area is 187 Å². The van der Waals surface area contributed by atoms with Gasteiger partial charge in [-0.15, -0.1) is 0 Å². The van der Waals surface area contributed by atoms with E-state index in [4.69, 9.17) is 19.9 Å². The van der Waals surface area contributed by atoms with Crippen molar-refractivity contribution in [3.63, 3.8) is 0 Å². The summed E-state index contributed by atoms with van der Waals surface area (Å²) >= 11 is 0. The van der Waals surface area contributed by atoms with Gasteiger partial charge in [0, 0.05) is 38.6 Å². The zero-order valence-corrected chi connectivity index (χ0v) is 20.0. The number of rotatable bonds is 15. The van der Waals surface area contributed by atoms with Crippen LogP contribution in [0.3, 0.4) is 0 Å². The predicted octanol–water partition coefficient (Wildman–Crippen LogP) is 2.78. The summed E-state index contributed by atoms with van der Waals surface area (Å²) in [6, 6.07) is 5.57. The molecule has 7 nitrogen and oxygen atoms in total. The van der Waals surface area contributed by atoms with Crippen LogP contribution in [0.2, 0.25) is 0 Å². The molecule has 7 heteroatoms. The minimum Gasteiger partial charge on any atom is -0.493 e. The highest BCUT2D eigenvalue weighted by Gasteiger charge is 2.23. The molecule has 0 saturated heterocycles. The lowest BCUT2D eigenvalue weighted by molar-refractivity contribution is -0.124. The molecule has 4 N–H and O–H groups in total. The van der Waals surface area contributed by atoms with Gasteiger partial charge in [-0.25, -0.2) is 0 Å². The number of benzene rings is 1. The molecule has 0 aliphatic rings. The third kappa shape index (κ3) is 9.89. The average Bonchev–Trinajstić information content (AvgIpc) is 2.74. The van der Waals surface area contributed by atoms with Gasteiger partial charge in [0.25, 0.3) is 0 Å². The Balaban J connectivity index is 2.75. The molecule has 1 aromatic carbocycles. The molecule has 0 aliphatic heterocycles. The summed E-state index contributed by atoms with van der Waals surface area (Å²) in [7, 11) is 3.31. The summed E-state index contributed by atoms with van der Waals surface area (Å²) in [4.78, 5) is 11.7. The van der Waals surface area contributed by atoms with Gasteiger partial charge in [-0.2, -0.15) is 0 Å². The fraction of sp³-hybridized carbons (Fsp3) is 0.708. The van der Waals surface area contributed by atoms with Crippen molar-refractivity contribution < 1.29 is 24.1 Å². The Hall–Kier alpha value is -1.83. The summed E-state index contributed by atoms with van der Waals surface area (Å²) in [5.41, 5.74) is 7.42. The molecule has 0 radical (unpaired) electrons. The number of amides is 1. The molecule has 0 aliphatic carbocycles. The predicted molar refractivity (Wildman–Crippen MR) is 123 cm³/mol. The SMILES string of the molecule is COCCCOc1cc(C[C@@H](C[C@H](N)[C@@H](O)CNC(=O)C(C)C)C(C)C)ccc1OC. The van der Waals surface area contributed by atoms with Gasteiger partial charge >= 0.3 is 0 Å². The normalized spacial score (nSPS) is 14.4. The molecule has 31 heavy (non-hydrogen) atoms. The molecule has 0 unspecified atom stereocenters. The van der Waals surface area contributed by atoms with E-state index in [1.165, 1.54) is 0 Å². The zero-order valence-electron chi connectivity index (χ0n) is 20.0. The fourth-order valence-corrected chi connectivity index (χ4v) is 3.31. The van der Waals surface area contributed by atoms with Gasteiger partial charge in [0.1, 0.15) is 0 Å². The topological polar surface area (TPSA) is 103 Å². The lowest BCUT2D eigenvalue weighted by atomic mass is 9.83. The van der Waals surface area contributed by atoms with Crippen LogP contribution in [0.4, 0.5) is 0 Å². The average molecular weight is 439 g/mol. The molecule has 1 amide bonds. The standard InChI is InChI=1S/C24H42N2O5/c1-16(2)19(14-20(25)21(27)15-26-24(28)17(3)4)12-18-8-9-22(30-6)23(13-18)31-11-7-10-29-5/h8-9,13,16-17,19-21,27H,7,10-12,14-15,25H2,1-6H3,(H,26,28)/t19-,20-,21-/m0/s1. The second kappa shape index (κ2) is 14.3. The Kier molecular flexibility index (Phi) is 12.5. The minimum absolute atomic E-state index is 0.0806. The number of hydrogen-bond donors (Lipinski definition) is 3. The number of nitrogens with one attached hydrogen (secondary N) is 1. The fourth-order valence-electron chi connectivity index (χ4n) is 3.31. The van der Waals surface area contributed by atoms with Gasteiger partial charge < -0.3 is 30.4 Å². The van der Waals surface area contributed by atoms with Crippen LogP contribution in [0.15, 0.2) is 18.2 Å². The number of aliphatic hydroxyl groups is 1. The summed E-state index contributed by atoms with van der Waals surface area (Å²) in [5, 5.41) is 13.2. The monoisotopic (exact) mass is 438 g/mol. The summed E-state index contributed by atoms with van der Waals surface area (Å²) < 4.78 is 16.4. The first-order valence-corrected chi connectivity index (χ1v) is 11.2. The zero-order chi connectivity index (χ0) is 23.4. The molecule has 1 aromatic rings. The smallest absolute Gasteiger partial charge is 0.222 e. The van der Waals surface area contributed by atoms with E-state index in [2.05, 4.69) is 19.2 Å². The Morgan fingerprint density at radius 3 is 2.42 bits per heavy atom. The van der Waals surface area contributed by atoms with Crippen molar-refractivity contribution in [2.45, 2.75) is 59.1 Å².